The second-order valence-corrected chi connectivity index (χ2v) is 5.01. The van der Waals surface area contributed by atoms with Crippen LogP contribution in [0.15, 0.2) is 18.2 Å². The molecule has 1 aromatic carbocycles. The highest BCUT2D eigenvalue weighted by Crippen LogP contribution is 2.30. The van der Waals surface area contributed by atoms with Crippen LogP contribution in [0.25, 0.3) is 0 Å². The first kappa shape index (κ1) is 14.5. The molecule has 2 rings (SSSR count). The molecule has 1 amide bonds. The van der Waals surface area contributed by atoms with Crippen LogP contribution in [0.3, 0.4) is 0 Å². The number of aliphatic hydroxyl groups excluding tert-OH is 1. The van der Waals surface area contributed by atoms with Crippen LogP contribution in [0, 0.1) is 0 Å². The summed E-state index contributed by atoms with van der Waals surface area (Å²) in [5, 5.41) is 17.7. The Balaban J connectivity index is 1.99. The number of fused-ring (bicyclic) bond motifs is 1. The second kappa shape index (κ2) is 6.52. The molecule has 108 valence electrons. The number of carboxylic acid groups (broad SMARTS) is 1. The van der Waals surface area contributed by atoms with Crippen molar-refractivity contribution in [2.24, 2.45) is 0 Å². The van der Waals surface area contributed by atoms with Crippen molar-refractivity contribution in [3.8, 4) is 0 Å². The molecule has 0 spiro atoms. The number of carbonyl (C=O) groups is 2. The highest BCUT2D eigenvalue weighted by atomic mass is 16.4. The molecule has 0 aliphatic carbocycles. The molecule has 0 atom stereocenters. The molecule has 1 aliphatic heterocycles. The lowest BCUT2D eigenvalue weighted by Crippen LogP contribution is -2.27. The molecule has 2 N–H and O–H groups in total. The van der Waals surface area contributed by atoms with Crippen molar-refractivity contribution in [2.75, 3.05) is 18.1 Å². The van der Waals surface area contributed by atoms with E-state index in [0.717, 1.165) is 36.9 Å². The number of benzene rings is 1. The molecule has 1 aliphatic rings. The molecule has 0 saturated heterocycles. The van der Waals surface area contributed by atoms with Gasteiger partial charge in [-0.3, -0.25) is 4.79 Å². The Hall–Kier alpha value is -1.88. The number of carbonyl (C=O) groups excluding carboxylic acids is 1. The summed E-state index contributed by atoms with van der Waals surface area (Å²) in [7, 11) is 0. The van der Waals surface area contributed by atoms with Crippen LogP contribution in [0.4, 0.5) is 5.69 Å². The Labute approximate surface area is 117 Å². The van der Waals surface area contributed by atoms with E-state index in [1.54, 1.807) is 23.1 Å². The molecule has 0 bridgehead atoms. The largest absolute Gasteiger partial charge is 0.478 e. The number of unbranched alkanes of at least 4 members (excludes halogenated alkanes) is 3. The zero-order valence-electron chi connectivity index (χ0n) is 11.3. The summed E-state index contributed by atoms with van der Waals surface area (Å²) < 4.78 is 0. The molecule has 0 radical (unpaired) electrons. The Bertz CT molecular complexity index is 513. The van der Waals surface area contributed by atoms with Crippen LogP contribution in [-0.4, -0.2) is 35.2 Å². The lowest BCUT2D eigenvalue weighted by atomic mass is 10.1. The van der Waals surface area contributed by atoms with Crippen molar-refractivity contribution in [1.29, 1.82) is 0 Å². The highest BCUT2D eigenvalue weighted by Gasteiger charge is 2.27. The molecule has 0 fully saturated rings. The van der Waals surface area contributed by atoms with Crippen LogP contribution in [0.1, 0.15) is 41.6 Å². The van der Waals surface area contributed by atoms with Crippen LogP contribution in [0.2, 0.25) is 0 Å². The number of amides is 1. The van der Waals surface area contributed by atoms with Crippen molar-refractivity contribution in [3.05, 3.63) is 29.3 Å². The summed E-state index contributed by atoms with van der Waals surface area (Å²) in [4.78, 5) is 24.6. The number of rotatable bonds is 7. The SMILES string of the molecule is O=C(O)c1ccc2c(c1)CC(=O)N2CCCCCCO. The first-order valence-electron chi connectivity index (χ1n) is 6.91. The van der Waals surface area contributed by atoms with E-state index in [-0.39, 0.29) is 24.5 Å². The third-order valence-corrected chi connectivity index (χ3v) is 3.55. The highest BCUT2D eigenvalue weighted by molar-refractivity contribution is 6.02. The van der Waals surface area contributed by atoms with Gasteiger partial charge in [-0.15, -0.1) is 0 Å². The van der Waals surface area contributed by atoms with E-state index in [1.165, 1.54) is 0 Å². The third kappa shape index (κ3) is 3.17. The summed E-state index contributed by atoms with van der Waals surface area (Å²) in [6.07, 6.45) is 3.92. The fraction of sp³-hybridized carbons (Fsp3) is 0.467. The predicted molar refractivity (Wildman–Crippen MR) is 75.0 cm³/mol. The Morgan fingerprint density at radius 3 is 2.65 bits per heavy atom. The molecule has 1 aromatic rings. The van der Waals surface area contributed by atoms with Gasteiger partial charge in [0.1, 0.15) is 0 Å². The molecule has 5 nitrogen and oxygen atoms in total. The van der Waals surface area contributed by atoms with Crippen molar-refractivity contribution >= 4 is 17.6 Å². The molecule has 0 saturated carbocycles. The van der Waals surface area contributed by atoms with Gasteiger partial charge in [-0.05, 0) is 36.6 Å². The van der Waals surface area contributed by atoms with E-state index < -0.39 is 5.97 Å². The summed E-state index contributed by atoms with van der Waals surface area (Å²) in [5.41, 5.74) is 1.86. The summed E-state index contributed by atoms with van der Waals surface area (Å²) in [6, 6.07) is 4.84. The minimum atomic E-state index is -0.970. The van der Waals surface area contributed by atoms with Crippen LogP contribution < -0.4 is 4.90 Å². The Morgan fingerprint density at radius 1 is 1.20 bits per heavy atom. The monoisotopic (exact) mass is 277 g/mol. The van der Waals surface area contributed by atoms with Crippen molar-refractivity contribution in [2.45, 2.75) is 32.1 Å². The summed E-state index contributed by atoms with van der Waals surface area (Å²) >= 11 is 0. The lowest BCUT2D eigenvalue weighted by molar-refractivity contribution is -0.117. The first-order valence-corrected chi connectivity index (χ1v) is 6.91. The summed E-state index contributed by atoms with van der Waals surface area (Å²) in [5.74, 6) is -0.938. The molecular weight excluding hydrogens is 258 g/mol. The number of aliphatic hydroxyl groups is 1. The van der Waals surface area contributed by atoms with Gasteiger partial charge in [0.2, 0.25) is 5.91 Å². The van der Waals surface area contributed by atoms with Gasteiger partial charge >= 0.3 is 5.97 Å². The van der Waals surface area contributed by atoms with Gasteiger partial charge in [0.25, 0.3) is 0 Å². The molecular formula is C15H19NO4. The van der Waals surface area contributed by atoms with Gasteiger partial charge < -0.3 is 15.1 Å². The van der Waals surface area contributed by atoms with E-state index in [4.69, 9.17) is 10.2 Å². The smallest absolute Gasteiger partial charge is 0.335 e. The fourth-order valence-corrected chi connectivity index (χ4v) is 2.50. The fourth-order valence-electron chi connectivity index (χ4n) is 2.50. The van der Waals surface area contributed by atoms with E-state index in [2.05, 4.69) is 0 Å². The van der Waals surface area contributed by atoms with Gasteiger partial charge in [-0.1, -0.05) is 12.8 Å². The van der Waals surface area contributed by atoms with Gasteiger partial charge in [0.05, 0.1) is 12.0 Å². The van der Waals surface area contributed by atoms with E-state index >= 15 is 0 Å². The molecule has 0 unspecified atom stereocenters. The predicted octanol–water partition coefficient (Wildman–Crippen LogP) is 1.83. The first-order chi connectivity index (χ1) is 9.63. The minimum Gasteiger partial charge on any atom is -0.478 e. The van der Waals surface area contributed by atoms with Crippen molar-refractivity contribution in [1.82, 2.24) is 0 Å². The van der Waals surface area contributed by atoms with Gasteiger partial charge in [-0.25, -0.2) is 4.79 Å². The van der Waals surface area contributed by atoms with E-state index in [9.17, 15) is 9.59 Å². The second-order valence-electron chi connectivity index (χ2n) is 5.01. The maximum absolute atomic E-state index is 12.0. The van der Waals surface area contributed by atoms with Crippen molar-refractivity contribution < 1.29 is 19.8 Å². The molecule has 1 heterocycles. The number of aromatic carboxylic acids is 1. The molecule has 5 heteroatoms. The zero-order valence-corrected chi connectivity index (χ0v) is 11.3. The molecule has 0 aromatic heterocycles. The van der Waals surface area contributed by atoms with Crippen LogP contribution >= 0.6 is 0 Å². The zero-order chi connectivity index (χ0) is 14.5. The number of carboxylic acids is 1. The van der Waals surface area contributed by atoms with Gasteiger partial charge in [-0.2, -0.15) is 0 Å². The Morgan fingerprint density at radius 2 is 1.95 bits per heavy atom. The maximum atomic E-state index is 12.0. The van der Waals surface area contributed by atoms with Crippen molar-refractivity contribution in [3.63, 3.8) is 0 Å². The number of hydrogen-bond donors (Lipinski definition) is 2. The van der Waals surface area contributed by atoms with Gasteiger partial charge in [0, 0.05) is 18.8 Å². The average Bonchev–Trinajstić information content (AvgIpc) is 2.73. The topological polar surface area (TPSA) is 77.8 Å². The maximum Gasteiger partial charge on any atom is 0.335 e. The number of anilines is 1. The lowest BCUT2D eigenvalue weighted by Gasteiger charge is -2.17. The van der Waals surface area contributed by atoms with Crippen LogP contribution in [-0.2, 0) is 11.2 Å². The minimum absolute atomic E-state index is 0.0321. The average molecular weight is 277 g/mol. The summed E-state index contributed by atoms with van der Waals surface area (Å²) in [6.45, 7) is 0.868. The number of nitrogens with zero attached hydrogens (tertiary/aromatic N) is 1. The standard InChI is InChI=1S/C15H19NO4/c17-8-4-2-1-3-7-16-13-6-5-11(15(19)20)9-12(13)10-14(16)18/h5-6,9,17H,1-4,7-8,10H2,(H,19,20). The van der Waals surface area contributed by atoms with Gasteiger partial charge in [0.15, 0.2) is 0 Å². The van der Waals surface area contributed by atoms with E-state index in [0.29, 0.717) is 6.54 Å². The quantitative estimate of drug-likeness (QED) is 0.745. The molecule has 20 heavy (non-hydrogen) atoms. The number of hydrogen-bond acceptors (Lipinski definition) is 3. The van der Waals surface area contributed by atoms with Crippen LogP contribution in [0.5, 0.6) is 0 Å². The Kier molecular flexibility index (Phi) is 4.74. The van der Waals surface area contributed by atoms with E-state index in [1.807, 2.05) is 0 Å². The third-order valence-electron chi connectivity index (χ3n) is 3.55. The normalized spacial score (nSPS) is 13.7.